The van der Waals surface area contributed by atoms with Crippen molar-refractivity contribution < 1.29 is 9.18 Å². The Labute approximate surface area is 127 Å². The van der Waals surface area contributed by atoms with Gasteiger partial charge >= 0.3 is 0 Å². The average Bonchev–Trinajstić information content (AvgIpc) is 2.79. The summed E-state index contributed by atoms with van der Waals surface area (Å²) in [6.07, 6.45) is 0.701. The molecule has 3 N–H and O–H groups in total. The van der Waals surface area contributed by atoms with Gasteiger partial charge in [0.15, 0.2) is 0 Å². The highest BCUT2D eigenvalue weighted by atomic mass is 32.1. The first kappa shape index (κ1) is 15.3. The normalized spacial score (nSPS) is 10.4. The van der Waals surface area contributed by atoms with Crippen LogP contribution in [-0.2, 0) is 6.42 Å². The molecule has 1 heterocycles. The number of carbonyl (C=O) groups excluding carboxylic acids is 1. The van der Waals surface area contributed by atoms with Gasteiger partial charge in [0, 0.05) is 20.6 Å². The highest BCUT2D eigenvalue weighted by Gasteiger charge is 2.15. The summed E-state index contributed by atoms with van der Waals surface area (Å²) in [6, 6.07) is 8.28. The predicted molar refractivity (Wildman–Crippen MR) is 85.3 cm³/mol. The number of hydrogen-bond acceptors (Lipinski definition) is 4. The summed E-state index contributed by atoms with van der Waals surface area (Å²) < 4.78 is 13.1. The van der Waals surface area contributed by atoms with Crippen molar-refractivity contribution in [1.29, 1.82) is 0 Å². The molecule has 0 aliphatic rings. The topological polar surface area (TPSA) is 58.4 Å². The van der Waals surface area contributed by atoms with Crippen LogP contribution < -0.4 is 11.1 Å². The van der Waals surface area contributed by atoms with Gasteiger partial charge in [-0.15, -0.1) is 11.3 Å². The molecule has 21 heavy (non-hydrogen) atoms. The molecule has 1 aromatic heterocycles. The minimum Gasteiger partial charge on any atom is -0.397 e. The van der Waals surface area contributed by atoms with Crippen LogP contribution in [0.1, 0.15) is 15.2 Å². The van der Waals surface area contributed by atoms with E-state index in [1.165, 1.54) is 28.4 Å². The Bertz CT molecular complexity index is 640. The molecule has 0 bridgehead atoms. The molecule has 0 saturated carbocycles. The maximum Gasteiger partial charge on any atom is 0.265 e. The van der Waals surface area contributed by atoms with E-state index in [1.807, 2.05) is 6.07 Å². The molecule has 4 nitrogen and oxygen atoms in total. The molecule has 0 unspecified atom stereocenters. The number of nitrogens with zero attached hydrogens (tertiary/aromatic N) is 1. The van der Waals surface area contributed by atoms with Crippen LogP contribution in [0, 0.1) is 5.82 Å². The van der Waals surface area contributed by atoms with E-state index in [0.717, 1.165) is 10.6 Å². The van der Waals surface area contributed by atoms with Crippen molar-refractivity contribution in [3.63, 3.8) is 0 Å². The Kier molecular flexibility index (Phi) is 4.80. The minimum absolute atomic E-state index is 0.101. The number of nitrogen functional groups attached to an aromatic ring is 1. The molecule has 2 aromatic rings. The predicted octanol–water partition coefficient (Wildman–Crippen LogP) is 2.83. The fourth-order valence-electron chi connectivity index (χ4n) is 1.88. The Hall–Kier alpha value is -2.08. The lowest BCUT2D eigenvalue weighted by Gasteiger charge is -2.08. The van der Waals surface area contributed by atoms with Gasteiger partial charge in [-0.3, -0.25) is 4.79 Å². The number of amides is 1. The van der Waals surface area contributed by atoms with Crippen molar-refractivity contribution in [2.75, 3.05) is 31.7 Å². The zero-order valence-electron chi connectivity index (χ0n) is 12.0. The van der Waals surface area contributed by atoms with E-state index in [1.54, 1.807) is 26.2 Å². The van der Waals surface area contributed by atoms with Gasteiger partial charge in [-0.05, 0) is 30.2 Å². The maximum absolute atomic E-state index is 13.1. The van der Waals surface area contributed by atoms with Crippen LogP contribution >= 0.6 is 11.3 Å². The summed E-state index contributed by atoms with van der Waals surface area (Å²) in [5, 5.41) is 4.05. The van der Waals surface area contributed by atoms with Crippen LogP contribution in [0.3, 0.4) is 0 Å². The fourth-order valence-corrected chi connectivity index (χ4v) is 2.91. The number of hydrogen-bond donors (Lipinski definition) is 2. The molecule has 2 rings (SSSR count). The second-order valence-electron chi connectivity index (χ2n) is 4.90. The first-order valence-corrected chi connectivity index (χ1v) is 7.38. The molecule has 112 valence electrons. The number of halogens is 1. The third-order valence-electron chi connectivity index (χ3n) is 2.96. The molecule has 0 aliphatic carbocycles. The molecule has 0 radical (unpaired) electrons. The summed E-state index contributed by atoms with van der Waals surface area (Å²) in [4.78, 5) is 13.9. The molecule has 0 saturated heterocycles. The largest absolute Gasteiger partial charge is 0.397 e. The number of benzene rings is 1. The van der Waals surface area contributed by atoms with E-state index in [-0.39, 0.29) is 11.7 Å². The number of carbonyl (C=O) groups is 1. The van der Waals surface area contributed by atoms with Crippen molar-refractivity contribution in [3.05, 3.63) is 46.6 Å². The van der Waals surface area contributed by atoms with Crippen LogP contribution in [0.15, 0.2) is 30.3 Å². The zero-order valence-corrected chi connectivity index (χ0v) is 12.8. The van der Waals surface area contributed by atoms with Gasteiger partial charge in [0.25, 0.3) is 5.91 Å². The second-order valence-corrected chi connectivity index (χ2v) is 5.95. The van der Waals surface area contributed by atoms with E-state index in [9.17, 15) is 9.18 Å². The molecule has 1 aromatic carbocycles. The molecule has 0 spiro atoms. The lowest BCUT2D eigenvalue weighted by molar-refractivity contribution is 0.0833. The van der Waals surface area contributed by atoms with Crippen LogP contribution in [0.4, 0.5) is 15.1 Å². The van der Waals surface area contributed by atoms with E-state index >= 15 is 0 Å². The first-order chi connectivity index (χ1) is 9.97. The van der Waals surface area contributed by atoms with E-state index < -0.39 is 0 Å². The van der Waals surface area contributed by atoms with E-state index in [4.69, 9.17) is 5.73 Å². The minimum atomic E-state index is -0.230. The van der Waals surface area contributed by atoms with Gasteiger partial charge in [-0.2, -0.15) is 0 Å². The number of anilines is 2. The van der Waals surface area contributed by atoms with E-state index in [2.05, 4.69) is 5.32 Å². The Morgan fingerprint density at radius 3 is 2.81 bits per heavy atom. The Morgan fingerprint density at radius 1 is 1.38 bits per heavy atom. The van der Waals surface area contributed by atoms with Crippen molar-refractivity contribution in [2.45, 2.75) is 6.42 Å². The average molecular weight is 307 g/mol. The van der Waals surface area contributed by atoms with Gasteiger partial charge in [0.2, 0.25) is 0 Å². The molecule has 0 atom stereocenters. The van der Waals surface area contributed by atoms with Gasteiger partial charge < -0.3 is 16.0 Å². The number of rotatable bonds is 5. The second kappa shape index (κ2) is 6.58. The number of nitrogens with two attached hydrogens (primary N) is 1. The van der Waals surface area contributed by atoms with Crippen molar-refractivity contribution in [1.82, 2.24) is 4.90 Å². The van der Waals surface area contributed by atoms with Crippen LogP contribution in [0.2, 0.25) is 0 Å². The molecule has 6 heteroatoms. The van der Waals surface area contributed by atoms with Crippen molar-refractivity contribution in [3.8, 4) is 0 Å². The standard InChI is InChI=1S/C15H18FN3OS/c1-19(2)15(20)14-12(17)9-13(21-14)18-7-6-10-4-3-5-11(16)8-10/h3-5,8-9,18H,6-7,17H2,1-2H3. The molecule has 0 aliphatic heterocycles. The highest BCUT2D eigenvalue weighted by Crippen LogP contribution is 2.29. The Morgan fingerprint density at radius 2 is 2.14 bits per heavy atom. The van der Waals surface area contributed by atoms with Gasteiger partial charge in [0.05, 0.1) is 10.7 Å². The molecular weight excluding hydrogens is 289 g/mol. The van der Waals surface area contributed by atoms with Crippen LogP contribution in [0.25, 0.3) is 0 Å². The van der Waals surface area contributed by atoms with Gasteiger partial charge in [-0.1, -0.05) is 12.1 Å². The fraction of sp³-hybridized carbons (Fsp3) is 0.267. The van der Waals surface area contributed by atoms with Crippen LogP contribution in [0.5, 0.6) is 0 Å². The van der Waals surface area contributed by atoms with E-state index in [0.29, 0.717) is 23.5 Å². The zero-order chi connectivity index (χ0) is 15.4. The van der Waals surface area contributed by atoms with Gasteiger partial charge in [0.1, 0.15) is 10.7 Å². The van der Waals surface area contributed by atoms with Gasteiger partial charge in [-0.25, -0.2) is 4.39 Å². The molecule has 1 amide bonds. The lowest BCUT2D eigenvalue weighted by atomic mass is 10.1. The van der Waals surface area contributed by atoms with Crippen LogP contribution in [-0.4, -0.2) is 31.4 Å². The highest BCUT2D eigenvalue weighted by molar-refractivity contribution is 7.18. The third-order valence-corrected chi connectivity index (χ3v) is 4.06. The summed E-state index contributed by atoms with van der Waals surface area (Å²) in [5.41, 5.74) is 7.26. The smallest absolute Gasteiger partial charge is 0.265 e. The molecular formula is C15H18FN3OS. The lowest BCUT2D eigenvalue weighted by Crippen LogP contribution is -2.21. The number of thiophene rings is 1. The summed E-state index contributed by atoms with van der Waals surface area (Å²) in [6.45, 7) is 0.652. The molecule has 0 fully saturated rings. The monoisotopic (exact) mass is 307 g/mol. The third kappa shape index (κ3) is 3.95. The summed E-state index contributed by atoms with van der Waals surface area (Å²) in [5.74, 6) is -0.331. The van der Waals surface area contributed by atoms with Crippen molar-refractivity contribution in [2.24, 2.45) is 0 Å². The summed E-state index contributed by atoms with van der Waals surface area (Å²) >= 11 is 1.33. The SMILES string of the molecule is CN(C)C(=O)c1sc(NCCc2cccc(F)c2)cc1N. The van der Waals surface area contributed by atoms with Crippen molar-refractivity contribution >= 4 is 27.9 Å². The maximum atomic E-state index is 13.1. The first-order valence-electron chi connectivity index (χ1n) is 6.56. The quantitative estimate of drug-likeness (QED) is 0.893. The number of nitrogens with one attached hydrogen (secondary N) is 1. The Balaban J connectivity index is 1.95. The summed E-state index contributed by atoms with van der Waals surface area (Å²) in [7, 11) is 3.39.